The Hall–Kier alpha value is -0.740. The molecule has 0 aliphatic rings. The first kappa shape index (κ1) is 15.3. The molecule has 0 bridgehead atoms. The molecule has 1 amide bonds. The van der Waals surface area contributed by atoms with E-state index >= 15 is 0 Å². The molecule has 0 aliphatic carbocycles. The number of amides is 1. The molecule has 3 N–H and O–H groups in total. The number of hydrogen-bond acceptors (Lipinski definition) is 2. The molecule has 3 atom stereocenters. The summed E-state index contributed by atoms with van der Waals surface area (Å²) in [5, 5.41) is 20.5. The van der Waals surface area contributed by atoms with E-state index < -0.39 is 18.2 Å². The molecule has 0 rings (SSSR count). The molecule has 0 heterocycles. The van der Waals surface area contributed by atoms with Crippen LogP contribution in [0.5, 0.6) is 0 Å². The van der Waals surface area contributed by atoms with Crippen LogP contribution in [0.1, 0.15) is 26.2 Å². The summed E-state index contributed by atoms with van der Waals surface area (Å²) in [7, 11) is 0. The van der Waals surface area contributed by atoms with Gasteiger partial charge in [-0.05, 0) is 25.2 Å². The Bertz CT molecular complexity index is 223. The minimum atomic E-state index is -1.13. The first-order valence-corrected chi connectivity index (χ1v) is 5.89. The molecule has 0 radical (unpaired) electrons. The molecule has 0 aromatic carbocycles. The number of nitrogens with one attached hydrogen (secondary N) is 1. The first-order chi connectivity index (χ1) is 7.51. The maximum Gasteiger partial charge on any atom is 0.404 e. The molecule has 5 heteroatoms. The minimum Gasteiger partial charge on any atom is -0.465 e. The van der Waals surface area contributed by atoms with Crippen molar-refractivity contribution >= 4 is 17.7 Å². The molecule has 0 unspecified atom stereocenters. The van der Waals surface area contributed by atoms with E-state index in [2.05, 4.69) is 11.9 Å². The van der Waals surface area contributed by atoms with E-state index in [9.17, 15) is 9.90 Å². The molecule has 0 spiro atoms. The molecular weight excluding hydrogens is 230 g/mol. The highest BCUT2D eigenvalue weighted by atomic mass is 35.5. The lowest BCUT2D eigenvalue weighted by molar-refractivity contribution is 0.124. The monoisotopic (exact) mass is 249 g/mol. The number of halogens is 1. The first-order valence-electron chi connectivity index (χ1n) is 5.35. The van der Waals surface area contributed by atoms with Crippen molar-refractivity contribution in [2.75, 3.05) is 5.88 Å². The Morgan fingerprint density at radius 2 is 2.25 bits per heavy atom. The number of rotatable bonds is 8. The van der Waals surface area contributed by atoms with Gasteiger partial charge in [0, 0.05) is 0 Å². The fourth-order valence-electron chi connectivity index (χ4n) is 1.53. The molecule has 0 aromatic heterocycles. The number of carbonyl (C=O) groups is 1. The van der Waals surface area contributed by atoms with Crippen molar-refractivity contribution in [1.82, 2.24) is 5.32 Å². The zero-order valence-electron chi connectivity index (χ0n) is 9.53. The molecule has 0 saturated heterocycles. The largest absolute Gasteiger partial charge is 0.465 e. The summed E-state index contributed by atoms with van der Waals surface area (Å²) in [6.45, 7) is 5.65. The Morgan fingerprint density at radius 3 is 2.69 bits per heavy atom. The molecular formula is C11H20ClNO3. The lowest BCUT2D eigenvalue weighted by Crippen LogP contribution is -2.44. The van der Waals surface area contributed by atoms with Crippen LogP contribution in [0, 0.1) is 5.92 Å². The number of aliphatic hydroxyl groups excluding tert-OH is 1. The van der Waals surface area contributed by atoms with Crippen molar-refractivity contribution in [3.05, 3.63) is 12.7 Å². The lowest BCUT2D eigenvalue weighted by atomic mass is 9.94. The molecule has 94 valence electrons. The number of alkyl halides is 1. The van der Waals surface area contributed by atoms with Crippen LogP contribution in [0.15, 0.2) is 12.7 Å². The predicted molar refractivity (Wildman–Crippen MR) is 64.9 cm³/mol. The summed E-state index contributed by atoms with van der Waals surface area (Å²) in [5.74, 6) is 0.340. The van der Waals surface area contributed by atoms with Crippen LogP contribution >= 0.6 is 11.6 Å². The second kappa shape index (κ2) is 8.42. The SMILES string of the molecule is C=CCC[C@@H](C)C[C@H](NC(=O)O)[C@H](O)CCl. The molecule has 4 nitrogen and oxygen atoms in total. The Labute approximate surface area is 101 Å². The summed E-state index contributed by atoms with van der Waals surface area (Å²) >= 11 is 5.52. The van der Waals surface area contributed by atoms with Gasteiger partial charge in [-0.3, -0.25) is 0 Å². The quantitative estimate of drug-likeness (QED) is 0.456. The van der Waals surface area contributed by atoms with Crippen molar-refractivity contribution in [1.29, 1.82) is 0 Å². The normalized spacial score (nSPS) is 16.2. The van der Waals surface area contributed by atoms with Crippen LogP contribution in [-0.2, 0) is 0 Å². The topological polar surface area (TPSA) is 69.6 Å². The zero-order valence-corrected chi connectivity index (χ0v) is 10.3. The van der Waals surface area contributed by atoms with Gasteiger partial charge in [0.25, 0.3) is 0 Å². The van der Waals surface area contributed by atoms with E-state index in [0.717, 1.165) is 12.8 Å². The van der Waals surface area contributed by atoms with Gasteiger partial charge in [0.05, 0.1) is 18.0 Å². The highest BCUT2D eigenvalue weighted by Gasteiger charge is 2.22. The van der Waals surface area contributed by atoms with Crippen LogP contribution in [0.4, 0.5) is 4.79 Å². The van der Waals surface area contributed by atoms with Crippen LogP contribution in [0.3, 0.4) is 0 Å². The predicted octanol–water partition coefficient (Wildman–Crippen LogP) is 2.21. The van der Waals surface area contributed by atoms with Gasteiger partial charge >= 0.3 is 6.09 Å². The summed E-state index contributed by atoms with van der Waals surface area (Å²) in [6.07, 6.45) is 2.24. The van der Waals surface area contributed by atoms with Gasteiger partial charge in [-0.1, -0.05) is 13.0 Å². The second-order valence-electron chi connectivity index (χ2n) is 3.98. The van der Waals surface area contributed by atoms with E-state index in [4.69, 9.17) is 16.7 Å². The highest BCUT2D eigenvalue weighted by Crippen LogP contribution is 2.15. The summed E-state index contributed by atoms with van der Waals surface area (Å²) in [4.78, 5) is 10.5. The Balaban J connectivity index is 4.18. The smallest absolute Gasteiger partial charge is 0.404 e. The molecule has 0 saturated carbocycles. The van der Waals surface area contributed by atoms with Crippen molar-refractivity contribution < 1.29 is 15.0 Å². The minimum absolute atomic E-state index is 0.0269. The third-order valence-electron chi connectivity index (χ3n) is 2.45. The van der Waals surface area contributed by atoms with Gasteiger partial charge in [0.1, 0.15) is 0 Å². The Morgan fingerprint density at radius 1 is 1.62 bits per heavy atom. The Kier molecular flexibility index (Phi) is 8.03. The number of hydrogen-bond donors (Lipinski definition) is 3. The second-order valence-corrected chi connectivity index (χ2v) is 4.29. The van der Waals surface area contributed by atoms with E-state index in [1.165, 1.54) is 0 Å². The van der Waals surface area contributed by atoms with E-state index in [-0.39, 0.29) is 5.88 Å². The van der Waals surface area contributed by atoms with Gasteiger partial charge in [-0.2, -0.15) is 0 Å². The lowest BCUT2D eigenvalue weighted by Gasteiger charge is -2.24. The number of allylic oxidation sites excluding steroid dienone is 1. The molecule has 0 fully saturated rings. The fraction of sp³-hybridized carbons (Fsp3) is 0.727. The molecule has 16 heavy (non-hydrogen) atoms. The van der Waals surface area contributed by atoms with Crippen molar-refractivity contribution in [3.8, 4) is 0 Å². The van der Waals surface area contributed by atoms with E-state index in [1.807, 2.05) is 13.0 Å². The highest BCUT2D eigenvalue weighted by molar-refractivity contribution is 6.18. The van der Waals surface area contributed by atoms with Crippen molar-refractivity contribution in [2.45, 2.75) is 38.3 Å². The summed E-state index contributed by atoms with van der Waals surface area (Å²) < 4.78 is 0. The van der Waals surface area contributed by atoms with Crippen LogP contribution in [0.25, 0.3) is 0 Å². The van der Waals surface area contributed by atoms with Gasteiger partial charge in [-0.15, -0.1) is 18.2 Å². The third kappa shape index (κ3) is 6.69. The number of carboxylic acid groups (broad SMARTS) is 1. The van der Waals surface area contributed by atoms with E-state index in [0.29, 0.717) is 12.3 Å². The van der Waals surface area contributed by atoms with Gasteiger partial charge in [0.15, 0.2) is 0 Å². The summed E-state index contributed by atoms with van der Waals surface area (Å²) in [5.41, 5.74) is 0. The molecule has 0 aliphatic heterocycles. The standard InChI is InChI=1S/C11H20ClNO3/c1-3-4-5-8(2)6-9(10(14)7-12)13-11(15)16/h3,8-10,13-14H,1,4-7H2,2H3,(H,15,16)/t8-,9+,10-/m1/s1. The van der Waals surface area contributed by atoms with Gasteiger partial charge in [-0.25, -0.2) is 4.79 Å². The maximum absolute atomic E-state index is 10.5. The average Bonchev–Trinajstić information content (AvgIpc) is 2.23. The van der Waals surface area contributed by atoms with Gasteiger partial charge < -0.3 is 15.5 Å². The van der Waals surface area contributed by atoms with Crippen LogP contribution < -0.4 is 5.32 Å². The zero-order chi connectivity index (χ0) is 12.6. The fourth-order valence-corrected chi connectivity index (χ4v) is 1.75. The van der Waals surface area contributed by atoms with E-state index in [1.54, 1.807) is 0 Å². The van der Waals surface area contributed by atoms with Gasteiger partial charge in [0.2, 0.25) is 0 Å². The van der Waals surface area contributed by atoms with Crippen molar-refractivity contribution in [3.63, 3.8) is 0 Å². The van der Waals surface area contributed by atoms with Crippen LogP contribution in [-0.4, -0.2) is 34.3 Å². The summed E-state index contributed by atoms with van der Waals surface area (Å²) in [6, 6.07) is -0.505. The van der Waals surface area contributed by atoms with Crippen molar-refractivity contribution in [2.24, 2.45) is 5.92 Å². The molecule has 0 aromatic rings. The maximum atomic E-state index is 10.5. The average molecular weight is 250 g/mol. The van der Waals surface area contributed by atoms with Crippen LogP contribution in [0.2, 0.25) is 0 Å². The number of aliphatic hydroxyl groups is 1. The third-order valence-corrected chi connectivity index (χ3v) is 2.77.